The summed E-state index contributed by atoms with van der Waals surface area (Å²) in [6.45, 7) is 0. The summed E-state index contributed by atoms with van der Waals surface area (Å²) in [5, 5.41) is 12.0. The van der Waals surface area contributed by atoms with Crippen LogP contribution in [-0.2, 0) is 0 Å². The van der Waals surface area contributed by atoms with Crippen molar-refractivity contribution in [2.45, 2.75) is 0 Å². The van der Waals surface area contributed by atoms with E-state index in [2.05, 4.69) is 294 Å². The topological polar surface area (TPSA) is 48.5 Å². The molecule has 0 spiro atoms. The van der Waals surface area contributed by atoms with Gasteiger partial charge in [-0.05, 0) is 126 Å². The Hall–Kier alpha value is -10.8. The molecule has 0 bridgehead atoms. The SMILES string of the molecule is c1ccc(-c2cccc(-c3nc(-c4ccc5c6ccccc6c6ccccc6c5c4)nc(-c4ccccc4-n4c5ccccc5c5c(-c6cccc7c6c6ccc(-c8ccccc8)cc6n7-c6ccccc6)cccc54)n3)c2)cc1. The van der Waals surface area contributed by atoms with Gasteiger partial charge in [0, 0.05) is 43.9 Å². The van der Waals surface area contributed by atoms with E-state index in [1.165, 1.54) is 65.3 Å². The first-order valence-electron chi connectivity index (χ1n) is 27.3. The Bertz CT molecular complexity index is 5080. The van der Waals surface area contributed by atoms with Gasteiger partial charge in [-0.25, -0.2) is 15.0 Å². The fourth-order valence-corrected chi connectivity index (χ4v) is 12.6. The molecule has 5 heteroatoms. The lowest BCUT2D eigenvalue weighted by molar-refractivity contribution is 1.06. The summed E-state index contributed by atoms with van der Waals surface area (Å²) in [6.07, 6.45) is 0. The lowest BCUT2D eigenvalue weighted by Crippen LogP contribution is -2.03. The molecule has 0 unspecified atom stereocenters. The molecule has 3 aromatic heterocycles. The smallest absolute Gasteiger partial charge is 0.166 e. The third kappa shape index (κ3) is 7.29. The van der Waals surface area contributed by atoms with Gasteiger partial charge in [-0.3, -0.25) is 0 Å². The Balaban J connectivity index is 0.918. The minimum absolute atomic E-state index is 0.588. The number of aromatic nitrogens is 5. The molecule has 0 atom stereocenters. The summed E-state index contributed by atoms with van der Waals surface area (Å²) < 4.78 is 4.84. The molecule has 3 heterocycles. The zero-order valence-electron chi connectivity index (χ0n) is 43.4. The Morgan fingerprint density at radius 1 is 0.212 bits per heavy atom. The highest BCUT2D eigenvalue weighted by Crippen LogP contribution is 2.46. The maximum absolute atomic E-state index is 5.50. The van der Waals surface area contributed by atoms with Gasteiger partial charge in [-0.1, -0.05) is 224 Å². The maximum Gasteiger partial charge on any atom is 0.166 e. The molecule has 0 aliphatic carbocycles. The van der Waals surface area contributed by atoms with Gasteiger partial charge in [0.15, 0.2) is 17.5 Å². The summed E-state index contributed by atoms with van der Waals surface area (Å²) in [6, 6.07) is 102. The van der Waals surface area contributed by atoms with E-state index in [1.807, 2.05) is 0 Å². The first-order chi connectivity index (χ1) is 39.7. The van der Waals surface area contributed by atoms with E-state index in [9.17, 15) is 0 Å². The fraction of sp³-hybridized carbons (Fsp3) is 0. The first-order valence-corrected chi connectivity index (χ1v) is 27.3. The third-order valence-electron chi connectivity index (χ3n) is 16.2. The summed E-state index contributed by atoms with van der Waals surface area (Å²) in [4.78, 5) is 16.3. The largest absolute Gasteiger partial charge is 0.309 e. The predicted molar refractivity (Wildman–Crippen MR) is 334 cm³/mol. The summed E-state index contributed by atoms with van der Waals surface area (Å²) in [5.74, 6) is 1.79. The average Bonchev–Trinajstić information content (AvgIpc) is 4.15. The van der Waals surface area contributed by atoms with Gasteiger partial charge >= 0.3 is 0 Å². The van der Waals surface area contributed by atoms with Crippen molar-refractivity contribution in [2.24, 2.45) is 0 Å². The molecule has 80 heavy (non-hydrogen) atoms. The Kier molecular flexibility index (Phi) is 10.5. The molecule has 13 aromatic carbocycles. The summed E-state index contributed by atoms with van der Waals surface area (Å²) in [7, 11) is 0. The molecular weight excluding hydrogens is 971 g/mol. The van der Waals surface area contributed by atoms with Crippen LogP contribution < -0.4 is 0 Å². The molecule has 0 N–H and O–H groups in total. The number of benzene rings is 13. The van der Waals surface area contributed by atoms with E-state index in [0.29, 0.717) is 17.5 Å². The van der Waals surface area contributed by atoms with Crippen LogP contribution in [0.2, 0.25) is 0 Å². The third-order valence-corrected chi connectivity index (χ3v) is 16.2. The van der Waals surface area contributed by atoms with Gasteiger partial charge in [0.2, 0.25) is 0 Å². The van der Waals surface area contributed by atoms with Gasteiger partial charge < -0.3 is 9.13 Å². The highest BCUT2D eigenvalue weighted by Gasteiger charge is 2.24. The Morgan fingerprint density at radius 2 is 0.625 bits per heavy atom. The quantitative estimate of drug-likeness (QED) is 0.143. The van der Waals surface area contributed by atoms with Crippen LogP contribution in [0.5, 0.6) is 0 Å². The zero-order chi connectivity index (χ0) is 52.7. The van der Waals surface area contributed by atoms with E-state index in [4.69, 9.17) is 15.0 Å². The summed E-state index contributed by atoms with van der Waals surface area (Å²) >= 11 is 0. The van der Waals surface area contributed by atoms with E-state index in [-0.39, 0.29) is 0 Å². The van der Waals surface area contributed by atoms with Gasteiger partial charge in [-0.2, -0.15) is 0 Å². The minimum Gasteiger partial charge on any atom is -0.309 e. The van der Waals surface area contributed by atoms with Crippen LogP contribution in [0.25, 0.3) is 155 Å². The number of nitrogens with zero attached hydrogens (tertiary/aromatic N) is 5. The van der Waals surface area contributed by atoms with E-state index >= 15 is 0 Å². The Morgan fingerprint density at radius 3 is 1.29 bits per heavy atom. The molecule has 5 nitrogen and oxygen atoms in total. The average molecular weight is 1020 g/mol. The van der Waals surface area contributed by atoms with E-state index in [0.717, 1.165) is 72.0 Å². The zero-order valence-corrected chi connectivity index (χ0v) is 43.4. The molecule has 0 aliphatic heterocycles. The van der Waals surface area contributed by atoms with Crippen molar-refractivity contribution in [1.82, 2.24) is 24.1 Å². The highest BCUT2D eigenvalue weighted by molar-refractivity contribution is 6.26. The van der Waals surface area contributed by atoms with Gasteiger partial charge in [-0.15, -0.1) is 0 Å². The lowest BCUT2D eigenvalue weighted by atomic mass is 9.93. The van der Waals surface area contributed by atoms with Crippen LogP contribution in [0.4, 0.5) is 0 Å². The Labute approximate surface area is 461 Å². The second-order valence-electron chi connectivity index (χ2n) is 20.6. The van der Waals surface area contributed by atoms with Crippen LogP contribution >= 0.6 is 0 Å². The second kappa shape index (κ2) is 18.5. The van der Waals surface area contributed by atoms with Crippen molar-refractivity contribution in [1.29, 1.82) is 0 Å². The minimum atomic E-state index is 0.588. The number of hydrogen-bond donors (Lipinski definition) is 0. The summed E-state index contributed by atoms with van der Waals surface area (Å²) in [5.41, 5.74) is 16.2. The van der Waals surface area contributed by atoms with E-state index < -0.39 is 0 Å². The van der Waals surface area contributed by atoms with Crippen LogP contribution in [-0.4, -0.2) is 24.1 Å². The van der Waals surface area contributed by atoms with Crippen LogP contribution in [0, 0.1) is 0 Å². The van der Waals surface area contributed by atoms with Crippen LogP contribution in [0.1, 0.15) is 0 Å². The molecule has 16 aromatic rings. The van der Waals surface area contributed by atoms with Crippen LogP contribution in [0.3, 0.4) is 0 Å². The van der Waals surface area contributed by atoms with Crippen molar-refractivity contribution < 1.29 is 0 Å². The number of fused-ring (bicyclic) bond motifs is 12. The van der Waals surface area contributed by atoms with Gasteiger partial charge in [0.05, 0.1) is 27.8 Å². The highest BCUT2D eigenvalue weighted by atomic mass is 15.1. The van der Waals surface area contributed by atoms with Gasteiger partial charge in [0.25, 0.3) is 0 Å². The molecule has 0 radical (unpaired) electrons. The molecular formula is C75H47N5. The first kappa shape index (κ1) is 45.4. The standard InChI is InChI=1S/C75H47N5/c1-4-21-48(22-5-1)50-25-18-26-52(45-50)73-76-74(53-42-43-59-57-31-11-10-29-55(57)56-30-12-13-32-58(56)65(59)46-53)78-75(77-73)64-34-15-17-38-67(64)80-66-37-16-14-33-62(66)71-60(36-20-40-69(71)80)61-35-19-39-68-72(61)63-44-41-51(49-23-6-2-7-24-49)47-70(63)79(68)54-27-8-3-9-28-54/h1-47H. The molecule has 0 saturated carbocycles. The van der Waals surface area contributed by atoms with Crippen molar-refractivity contribution >= 4 is 75.9 Å². The normalized spacial score (nSPS) is 11.8. The molecule has 0 saturated heterocycles. The lowest BCUT2D eigenvalue weighted by Gasteiger charge is -2.15. The molecule has 0 amide bonds. The van der Waals surface area contributed by atoms with Crippen molar-refractivity contribution in [2.75, 3.05) is 0 Å². The number of para-hydroxylation sites is 3. The monoisotopic (exact) mass is 1020 g/mol. The molecule has 372 valence electrons. The van der Waals surface area contributed by atoms with Crippen LogP contribution in [0.15, 0.2) is 285 Å². The molecule has 0 aliphatic rings. The number of rotatable bonds is 8. The molecule has 16 rings (SSSR count). The predicted octanol–water partition coefficient (Wildman–Crippen LogP) is 19.5. The van der Waals surface area contributed by atoms with Crippen molar-refractivity contribution in [3.63, 3.8) is 0 Å². The van der Waals surface area contributed by atoms with Crippen molar-refractivity contribution in [3.8, 4) is 78.9 Å². The maximum atomic E-state index is 5.50. The van der Waals surface area contributed by atoms with Crippen molar-refractivity contribution in [3.05, 3.63) is 285 Å². The number of hydrogen-bond acceptors (Lipinski definition) is 3. The second-order valence-corrected chi connectivity index (χ2v) is 20.6. The fourth-order valence-electron chi connectivity index (χ4n) is 12.6. The molecule has 0 fully saturated rings. The van der Waals surface area contributed by atoms with E-state index in [1.54, 1.807) is 0 Å². The van der Waals surface area contributed by atoms with Gasteiger partial charge in [0.1, 0.15) is 0 Å².